The number of nitriles is 1. The first-order valence-corrected chi connectivity index (χ1v) is 9.97. The Morgan fingerprint density at radius 3 is 2.67 bits per heavy atom. The first-order valence-electron chi connectivity index (χ1n) is 9.97. The Morgan fingerprint density at radius 1 is 1.15 bits per heavy atom. The van der Waals surface area contributed by atoms with E-state index in [1.165, 1.54) is 0 Å². The third-order valence-corrected chi connectivity index (χ3v) is 4.78. The quantitative estimate of drug-likeness (QED) is 0.399. The van der Waals surface area contributed by atoms with E-state index in [1.54, 1.807) is 30.3 Å². The lowest BCUT2D eigenvalue weighted by Gasteiger charge is -2.08. The minimum atomic E-state index is -0.868. The number of nitrogens with zero attached hydrogens (tertiary/aromatic N) is 2. The molecular weight excluding hydrogens is 426 g/mol. The van der Waals surface area contributed by atoms with Gasteiger partial charge in [0.2, 0.25) is 0 Å². The number of rotatable bonds is 6. The Bertz CT molecular complexity index is 1400. The van der Waals surface area contributed by atoms with Crippen LogP contribution < -0.4 is 10.1 Å². The van der Waals surface area contributed by atoms with Crippen molar-refractivity contribution in [2.75, 3.05) is 11.9 Å². The van der Waals surface area contributed by atoms with E-state index in [-0.39, 0.29) is 12.3 Å². The van der Waals surface area contributed by atoms with Crippen LogP contribution in [0.2, 0.25) is 0 Å². The Labute approximate surface area is 188 Å². The van der Waals surface area contributed by atoms with Crippen molar-refractivity contribution in [2.24, 2.45) is 0 Å². The molecule has 2 N–H and O–H groups in total. The topological polar surface area (TPSA) is 90.8 Å². The van der Waals surface area contributed by atoms with Crippen LogP contribution >= 0.6 is 0 Å². The standard InChI is InChI=1S/C25H18F2N4O2/c1-15-2-8-22-23(10-15)31-25(30-22)17(13-28)11-16-3-6-19(7-4-16)33-14-24(32)29-21-9-5-18(26)12-20(21)27/h2-12H,14H2,1H3,(H,29,32)(H,30,31). The van der Waals surface area contributed by atoms with Crippen LogP contribution in [0.5, 0.6) is 5.75 Å². The van der Waals surface area contributed by atoms with Gasteiger partial charge in [-0.25, -0.2) is 13.8 Å². The molecule has 4 rings (SSSR count). The number of hydrogen-bond donors (Lipinski definition) is 2. The number of amides is 1. The summed E-state index contributed by atoms with van der Waals surface area (Å²) in [6.45, 7) is 1.63. The summed E-state index contributed by atoms with van der Waals surface area (Å²) in [4.78, 5) is 19.6. The van der Waals surface area contributed by atoms with Crippen molar-refractivity contribution in [3.05, 3.63) is 89.2 Å². The molecule has 0 spiro atoms. The molecule has 0 saturated carbocycles. The molecule has 0 bridgehead atoms. The molecule has 0 aliphatic rings. The Balaban J connectivity index is 1.41. The number of imidazole rings is 1. The van der Waals surface area contributed by atoms with Gasteiger partial charge in [0.1, 0.15) is 29.3 Å². The highest BCUT2D eigenvalue weighted by Crippen LogP contribution is 2.21. The number of allylic oxidation sites excluding steroid dienone is 1. The van der Waals surface area contributed by atoms with E-state index in [0.29, 0.717) is 23.2 Å². The number of hydrogen-bond acceptors (Lipinski definition) is 4. The van der Waals surface area contributed by atoms with Crippen LogP contribution in [-0.2, 0) is 4.79 Å². The molecule has 8 heteroatoms. The normalized spacial score (nSPS) is 11.3. The smallest absolute Gasteiger partial charge is 0.262 e. The van der Waals surface area contributed by atoms with E-state index in [9.17, 15) is 18.8 Å². The number of benzene rings is 3. The zero-order chi connectivity index (χ0) is 23.4. The van der Waals surface area contributed by atoms with Gasteiger partial charge in [-0.05, 0) is 60.5 Å². The summed E-state index contributed by atoms with van der Waals surface area (Å²) in [5.41, 5.74) is 3.71. The van der Waals surface area contributed by atoms with Gasteiger partial charge in [-0.3, -0.25) is 4.79 Å². The van der Waals surface area contributed by atoms with E-state index in [2.05, 4.69) is 21.4 Å². The maximum Gasteiger partial charge on any atom is 0.262 e. The maximum absolute atomic E-state index is 13.6. The Kier molecular flexibility index (Phi) is 6.13. The number of nitrogens with one attached hydrogen (secondary N) is 2. The fraction of sp³-hybridized carbons (Fsp3) is 0.0800. The molecule has 0 atom stereocenters. The minimum Gasteiger partial charge on any atom is -0.484 e. The average Bonchev–Trinajstić information content (AvgIpc) is 3.21. The van der Waals surface area contributed by atoms with E-state index in [1.807, 2.05) is 25.1 Å². The van der Waals surface area contributed by atoms with Crippen LogP contribution in [0.4, 0.5) is 14.5 Å². The highest BCUT2D eigenvalue weighted by atomic mass is 19.1. The average molecular weight is 444 g/mol. The number of aromatic nitrogens is 2. The molecule has 0 unspecified atom stereocenters. The highest BCUT2D eigenvalue weighted by molar-refractivity contribution is 5.92. The summed E-state index contributed by atoms with van der Waals surface area (Å²) in [7, 11) is 0. The second-order valence-corrected chi connectivity index (χ2v) is 7.31. The van der Waals surface area contributed by atoms with Crippen molar-refractivity contribution in [3.8, 4) is 11.8 Å². The van der Waals surface area contributed by atoms with Crippen LogP contribution in [0, 0.1) is 29.9 Å². The van der Waals surface area contributed by atoms with Gasteiger partial charge in [0.15, 0.2) is 6.61 Å². The van der Waals surface area contributed by atoms with Crippen LogP contribution in [0.1, 0.15) is 17.0 Å². The molecular formula is C25H18F2N4O2. The molecule has 6 nitrogen and oxygen atoms in total. The van der Waals surface area contributed by atoms with Gasteiger partial charge in [0.05, 0.1) is 22.3 Å². The first-order chi connectivity index (χ1) is 15.9. The summed E-state index contributed by atoms with van der Waals surface area (Å²) in [6, 6.07) is 17.6. The van der Waals surface area contributed by atoms with Gasteiger partial charge < -0.3 is 15.0 Å². The van der Waals surface area contributed by atoms with Crippen LogP contribution in [0.3, 0.4) is 0 Å². The molecule has 0 aliphatic carbocycles. The number of ether oxygens (including phenoxy) is 1. The van der Waals surface area contributed by atoms with Gasteiger partial charge in [-0.1, -0.05) is 18.2 Å². The summed E-state index contributed by atoms with van der Waals surface area (Å²) < 4.78 is 32.0. The van der Waals surface area contributed by atoms with Crippen LogP contribution in [-0.4, -0.2) is 22.5 Å². The van der Waals surface area contributed by atoms with Gasteiger partial charge in [0.25, 0.3) is 5.91 Å². The minimum absolute atomic E-state index is 0.129. The number of fused-ring (bicyclic) bond motifs is 1. The summed E-state index contributed by atoms with van der Waals surface area (Å²) in [5.74, 6) is -1.29. The largest absolute Gasteiger partial charge is 0.484 e. The highest BCUT2D eigenvalue weighted by Gasteiger charge is 2.10. The van der Waals surface area contributed by atoms with Crippen molar-refractivity contribution in [3.63, 3.8) is 0 Å². The van der Waals surface area contributed by atoms with E-state index in [4.69, 9.17) is 4.74 Å². The third-order valence-electron chi connectivity index (χ3n) is 4.78. The lowest BCUT2D eigenvalue weighted by atomic mass is 10.1. The molecule has 0 saturated heterocycles. The van der Waals surface area contributed by atoms with Gasteiger partial charge >= 0.3 is 0 Å². The maximum atomic E-state index is 13.6. The number of anilines is 1. The number of aromatic amines is 1. The fourth-order valence-corrected chi connectivity index (χ4v) is 3.16. The molecule has 3 aromatic carbocycles. The molecule has 0 radical (unpaired) electrons. The van der Waals surface area contributed by atoms with Crippen molar-refractivity contribution in [1.82, 2.24) is 9.97 Å². The van der Waals surface area contributed by atoms with Crippen molar-refractivity contribution >= 4 is 34.3 Å². The van der Waals surface area contributed by atoms with Gasteiger partial charge in [-0.15, -0.1) is 0 Å². The molecule has 33 heavy (non-hydrogen) atoms. The predicted octanol–water partition coefficient (Wildman–Crippen LogP) is 5.23. The monoisotopic (exact) mass is 444 g/mol. The van der Waals surface area contributed by atoms with Crippen molar-refractivity contribution in [2.45, 2.75) is 6.92 Å². The van der Waals surface area contributed by atoms with Crippen LogP contribution in [0.25, 0.3) is 22.7 Å². The summed E-state index contributed by atoms with van der Waals surface area (Å²) in [6.07, 6.45) is 1.69. The number of carbonyl (C=O) groups excluding carboxylic acids is 1. The van der Waals surface area contributed by atoms with E-state index < -0.39 is 17.5 Å². The molecule has 164 valence electrons. The number of carbonyl (C=O) groups is 1. The second kappa shape index (κ2) is 9.32. The molecule has 1 amide bonds. The molecule has 1 heterocycles. The number of H-pyrrole nitrogens is 1. The van der Waals surface area contributed by atoms with E-state index in [0.717, 1.165) is 34.3 Å². The van der Waals surface area contributed by atoms with Crippen LogP contribution in [0.15, 0.2) is 60.7 Å². The Morgan fingerprint density at radius 2 is 1.94 bits per heavy atom. The number of aryl methyl sites for hydroxylation is 1. The number of halogens is 2. The fourth-order valence-electron chi connectivity index (χ4n) is 3.16. The SMILES string of the molecule is Cc1ccc2nc(C(C#N)=Cc3ccc(OCC(=O)Nc4ccc(F)cc4F)cc3)[nH]c2c1. The third kappa shape index (κ3) is 5.22. The van der Waals surface area contributed by atoms with Gasteiger partial charge in [0, 0.05) is 6.07 Å². The van der Waals surface area contributed by atoms with Crippen molar-refractivity contribution in [1.29, 1.82) is 5.26 Å². The lowest BCUT2D eigenvalue weighted by molar-refractivity contribution is -0.118. The van der Waals surface area contributed by atoms with Gasteiger partial charge in [-0.2, -0.15) is 5.26 Å². The zero-order valence-corrected chi connectivity index (χ0v) is 17.5. The molecule has 0 fully saturated rings. The second-order valence-electron chi connectivity index (χ2n) is 7.31. The van der Waals surface area contributed by atoms with Crippen molar-refractivity contribution < 1.29 is 18.3 Å². The molecule has 0 aliphatic heterocycles. The van der Waals surface area contributed by atoms with E-state index >= 15 is 0 Å². The summed E-state index contributed by atoms with van der Waals surface area (Å²) >= 11 is 0. The molecule has 1 aromatic heterocycles. The first kappa shape index (κ1) is 21.7. The zero-order valence-electron chi connectivity index (χ0n) is 17.5. The molecule has 4 aromatic rings. The predicted molar refractivity (Wildman–Crippen MR) is 121 cm³/mol. The lowest BCUT2D eigenvalue weighted by Crippen LogP contribution is -2.20. The summed E-state index contributed by atoms with van der Waals surface area (Å²) in [5, 5.41) is 11.9. The Hall–Kier alpha value is -4.51.